The van der Waals surface area contributed by atoms with Crippen molar-refractivity contribution in [2.45, 2.75) is 0 Å². The number of hydrogen-bond donors (Lipinski definition) is 0. The average Bonchev–Trinajstić information content (AvgIpc) is 2.27. The van der Waals surface area contributed by atoms with E-state index in [2.05, 4.69) is 20.2 Å². The maximum Gasteiger partial charge on any atom is 0.0894 e. The lowest BCUT2D eigenvalue weighted by molar-refractivity contribution is 1.40. The third-order valence-corrected chi connectivity index (χ3v) is 2.77. The van der Waals surface area contributed by atoms with E-state index in [1.54, 1.807) is 0 Å². The van der Waals surface area contributed by atoms with Crippen LogP contribution in [-0.2, 0) is 0 Å². The Morgan fingerprint density at radius 3 is 2.20 bits per heavy atom. The quantitative estimate of drug-likeness (QED) is 0.413. The maximum atomic E-state index is 4.57. The highest BCUT2D eigenvalue weighted by molar-refractivity contribution is 6.38. The first kappa shape index (κ1) is 8.56. The molecule has 3 aromatic rings. The zero-order chi connectivity index (χ0) is 10.3. The van der Waals surface area contributed by atoms with Gasteiger partial charge in [-0.2, -0.15) is 0 Å². The molecule has 0 amide bonds. The summed E-state index contributed by atoms with van der Waals surface area (Å²) in [6.07, 6.45) is 0. The van der Waals surface area contributed by atoms with Crippen molar-refractivity contribution in [2.75, 3.05) is 0 Å². The van der Waals surface area contributed by atoms with Crippen molar-refractivity contribution < 1.29 is 0 Å². The molecular weight excluding hydrogens is 200 g/mol. The molecule has 15 heavy (non-hydrogen) atoms. The lowest BCUT2D eigenvalue weighted by Gasteiger charge is -2.02. The summed E-state index contributed by atoms with van der Waals surface area (Å²) in [6, 6.07) is 13.8. The van der Waals surface area contributed by atoms with Gasteiger partial charge in [0.1, 0.15) is 0 Å². The lowest BCUT2D eigenvalue weighted by Crippen LogP contribution is -2.05. The van der Waals surface area contributed by atoms with Gasteiger partial charge in [-0.1, -0.05) is 24.3 Å². The van der Waals surface area contributed by atoms with Gasteiger partial charge >= 0.3 is 0 Å². The van der Waals surface area contributed by atoms with E-state index in [0.29, 0.717) is 0 Å². The molecule has 0 unspecified atom stereocenters. The number of para-hydroxylation sites is 3. The minimum atomic E-state index is 0.910. The van der Waals surface area contributed by atoms with Crippen molar-refractivity contribution in [2.24, 2.45) is 0 Å². The molecule has 0 spiro atoms. The third-order valence-electron chi connectivity index (χ3n) is 2.37. The van der Waals surface area contributed by atoms with Gasteiger partial charge < -0.3 is 0 Å². The molecule has 3 radical (unpaired) electrons. The Balaban J connectivity index is 2.53. The Hall–Kier alpha value is -1.74. The molecule has 0 fully saturated rings. The van der Waals surface area contributed by atoms with E-state index in [1.807, 2.05) is 42.5 Å². The van der Waals surface area contributed by atoms with Gasteiger partial charge in [0, 0.05) is 0 Å². The average molecular weight is 207 g/mol. The van der Waals surface area contributed by atoms with Crippen molar-refractivity contribution >= 4 is 37.5 Å². The minimum Gasteiger partial charge on any atom is -0.245 e. The molecule has 0 saturated carbocycles. The fourth-order valence-corrected chi connectivity index (χ4v) is 1.92. The summed E-state index contributed by atoms with van der Waals surface area (Å²) in [5.74, 6) is 0. The molecule has 0 aliphatic heterocycles. The number of rotatable bonds is 0. The van der Waals surface area contributed by atoms with Gasteiger partial charge in [0.05, 0.1) is 32.3 Å². The van der Waals surface area contributed by atoms with Crippen LogP contribution >= 0.6 is 0 Å². The van der Waals surface area contributed by atoms with Crippen LogP contribution in [0.15, 0.2) is 42.5 Å². The zero-order valence-corrected chi connectivity index (χ0v) is 8.94. The smallest absolute Gasteiger partial charge is 0.0894 e. The van der Waals surface area contributed by atoms with Crippen molar-refractivity contribution in [3.05, 3.63) is 42.5 Å². The van der Waals surface area contributed by atoms with Crippen LogP contribution in [0.5, 0.6) is 0 Å². The summed E-state index contributed by atoms with van der Waals surface area (Å²) in [7, 11) is 3.53. The van der Waals surface area contributed by atoms with Crippen LogP contribution in [0.25, 0.3) is 22.1 Å². The SMILES string of the molecule is [Si]c1cccc2nc3ccccc3nc12. The van der Waals surface area contributed by atoms with E-state index in [0.717, 1.165) is 27.3 Å². The molecule has 3 heteroatoms. The predicted molar refractivity (Wildman–Crippen MR) is 62.4 cm³/mol. The summed E-state index contributed by atoms with van der Waals surface area (Å²) in [5.41, 5.74) is 3.69. The van der Waals surface area contributed by atoms with E-state index in [9.17, 15) is 0 Å². The van der Waals surface area contributed by atoms with Crippen molar-refractivity contribution in [1.82, 2.24) is 9.97 Å². The molecule has 0 bridgehead atoms. The summed E-state index contributed by atoms with van der Waals surface area (Å²) < 4.78 is 0. The van der Waals surface area contributed by atoms with Gasteiger partial charge in [-0.3, -0.25) is 0 Å². The maximum absolute atomic E-state index is 4.57. The number of aromatic nitrogens is 2. The van der Waals surface area contributed by atoms with Crippen LogP contribution < -0.4 is 5.19 Å². The summed E-state index contributed by atoms with van der Waals surface area (Å²) in [6.45, 7) is 0. The largest absolute Gasteiger partial charge is 0.245 e. The van der Waals surface area contributed by atoms with Crippen LogP contribution in [0.3, 0.4) is 0 Å². The monoisotopic (exact) mass is 207 g/mol. The van der Waals surface area contributed by atoms with E-state index in [-0.39, 0.29) is 0 Å². The van der Waals surface area contributed by atoms with Gasteiger partial charge in [0.2, 0.25) is 0 Å². The Morgan fingerprint density at radius 1 is 0.733 bits per heavy atom. The van der Waals surface area contributed by atoms with Crippen molar-refractivity contribution in [3.8, 4) is 0 Å². The molecule has 0 saturated heterocycles. The first-order chi connectivity index (χ1) is 7.34. The Bertz CT molecular complexity index is 649. The Morgan fingerprint density at radius 2 is 1.40 bits per heavy atom. The zero-order valence-electron chi connectivity index (χ0n) is 7.94. The van der Waals surface area contributed by atoms with E-state index in [4.69, 9.17) is 0 Å². The van der Waals surface area contributed by atoms with Gasteiger partial charge in [-0.15, -0.1) is 0 Å². The molecule has 0 N–H and O–H groups in total. The highest BCUT2D eigenvalue weighted by Crippen LogP contribution is 2.13. The van der Waals surface area contributed by atoms with Gasteiger partial charge in [0.25, 0.3) is 0 Å². The number of benzene rings is 2. The summed E-state index contributed by atoms with van der Waals surface area (Å²) in [4.78, 5) is 9.11. The summed E-state index contributed by atoms with van der Waals surface area (Å²) >= 11 is 0. The molecular formula is C12H7N2Si. The fraction of sp³-hybridized carbons (Fsp3) is 0. The topological polar surface area (TPSA) is 25.8 Å². The van der Waals surface area contributed by atoms with Crippen LogP contribution in [0.4, 0.5) is 0 Å². The Kier molecular flexibility index (Phi) is 1.79. The molecule has 0 aliphatic carbocycles. The van der Waals surface area contributed by atoms with Gasteiger partial charge in [-0.25, -0.2) is 9.97 Å². The molecule has 2 aromatic carbocycles. The standard InChI is InChI=1S/C12H7N2Si/c15-11-7-3-6-10-12(11)14-9-5-2-1-4-8(9)13-10/h1-7H. The first-order valence-electron chi connectivity index (χ1n) is 4.72. The Labute approximate surface area is 90.4 Å². The van der Waals surface area contributed by atoms with Crippen LogP contribution in [0, 0.1) is 0 Å². The first-order valence-corrected chi connectivity index (χ1v) is 5.22. The minimum absolute atomic E-state index is 0.910. The van der Waals surface area contributed by atoms with Crippen LogP contribution in [-0.4, -0.2) is 20.2 Å². The molecule has 1 heterocycles. The highest BCUT2D eigenvalue weighted by atomic mass is 28.1. The summed E-state index contributed by atoms with van der Waals surface area (Å²) in [5, 5.41) is 0.978. The third kappa shape index (κ3) is 1.32. The number of hydrogen-bond acceptors (Lipinski definition) is 2. The van der Waals surface area contributed by atoms with E-state index >= 15 is 0 Å². The molecule has 2 nitrogen and oxygen atoms in total. The second kappa shape index (κ2) is 3.14. The van der Waals surface area contributed by atoms with Gasteiger partial charge in [0.15, 0.2) is 0 Å². The molecule has 1 aromatic heterocycles. The van der Waals surface area contributed by atoms with E-state index in [1.165, 1.54) is 0 Å². The molecule has 3 rings (SSSR count). The second-order valence-corrected chi connectivity index (χ2v) is 3.92. The normalized spacial score (nSPS) is 11.0. The van der Waals surface area contributed by atoms with Gasteiger partial charge in [-0.05, 0) is 23.4 Å². The predicted octanol–water partition coefficient (Wildman–Crippen LogP) is 1.58. The second-order valence-electron chi connectivity index (χ2n) is 3.39. The van der Waals surface area contributed by atoms with Crippen molar-refractivity contribution in [1.29, 1.82) is 0 Å². The molecule has 0 atom stereocenters. The van der Waals surface area contributed by atoms with Crippen molar-refractivity contribution in [3.63, 3.8) is 0 Å². The van der Waals surface area contributed by atoms with Crippen LogP contribution in [0.2, 0.25) is 0 Å². The highest BCUT2D eigenvalue weighted by Gasteiger charge is 2.01. The lowest BCUT2D eigenvalue weighted by atomic mass is 10.2. The number of fused-ring (bicyclic) bond motifs is 2. The van der Waals surface area contributed by atoms with Crippen LogP contribution in [0.1, 0.15) is 0 Å². The molecule has 69 valence electrons. The van der Waals surface area contributed by atoms with E-state index < -0.39 is 0 Å². The molecule has 0 aliphatic rings. The fourth-order valence-electron chi connectivity index (χ4n) is 1.64. The number of nitrogens with zero attached hydrogens (tertiary/aromatic N) is 2.